The van der Waals surface area contributed by atoms with Crippen LogP contribution in [-0.2, 0) is 9.84 Å². The van der Waals surface area contributed by atoms with Crippen molar-refractivity contribution >= 4 is 21.4 Å². The van der Waals surface area contributed by atoms with Gasteiger partial charge in [0.1, 0.15) is 0 Å². The lowest BCUT2D eigenvalue weighted by molar-refractivity contribution is -0.384. The van der Waals surface area contributed by atoms with Crippen molar-refractivity contribution in [1.29, 1.82) is 0 Å². The molecule has 1 amide bonds. The Morgan fingerprint density at radius 2 is 1.60 bits per heavy atom. The van der Waals surface area contributed by atoms with Crippen molar-refractivity contribution in [1.82, 2.24) is 4.90 Å². The highest BCUT2D eigenvalue weighted by Crippen LogP contribution is 2.27. The molecule has 0 saturated carbocycles. The summed E-state index contributed by atoms with van der Waals surface area (Å²) in [5.41, 5.74) is -0.0665. The Bertz CT molecular complexity index is 916. The molecule has 25 heavy (non-hydrogen) atoms. The molecule has 0 spiro atoms. The second-order valence-electron chi connectivity index (χ2n) is 5.75. The number of rotatable bonds is 4. The second-order valence-corrected chi connectivity index (χ2v) is 7.67. The predicted octanol–water partition coefficient (Wildman–Crippen LogP) is 2.66. The van der Waals surface area contributed by atoms with Gasteiger partial charge in [-0.1, -0.05) is 12.1 Å². The highest BCUT2D eigenvalue weighted by Gasteiger charge is 2.28. The van der Waals surface area contributed by atoms with Crippen molar-refractivity contribution in [2.75, 3.05) is 13.1 Å². The first kappa shape index (κ1) is 17.1. The molecular weight excluding hydrogens is 344 g/mol. The van der Waals surface area contributed by atoms with E-state index in [2.05, 4.69) is 0 Å². The number of nitro benzene ring substituents is 1. The van der Waals surface area contributed by atoms with Crippen LogP contribution in [0.5, 0.6) is 0 Å². The number of non-ortho nitro benzene ring substituents is 1. The Kier molecular flexibility index (Phi) is 4.54. The quantitative estimate of drug-likeness (QED) is 0.617. The van der Waals surface area contributed by atoms with E-state index in [0.29, 0.717) is 13.1 Å². The molecule has 1 aliphatic rings. The summed E-state index contributed by atoms with van der Waals surface area (Å²) < 4.78 is 25.8. The summed E-state index contributed by atoms with van der Waals surface area (Å²) in [6, 6.07) is 10.7. The molecule has 0 bridgehead atoms. The van der Waals surface area contributed by atoms with Gasteiger partial charge in [0, 0.05) is 25.2 Å². The Hall–Kier alpha value is -2.74. The highest BCUT2D eigenvalue weighted by atomic mass is 32.2. The lowest BCUT2D eigenvalue weighted by Crippen LogP contribution is -2.29. The van der Waals surface area contributed by atoms with Gasteiger partial charge in [-0.15, -0.1) is 0 Å². The summed E-state index contributed by atoms with van der Waals surface area (Å²) in [7, 11) is -3.96. The van der Waals surface area contributed by atoms with Crippen molar-refractivity contribution in [3.8, 4) is 0 Å². The van der Waals surface area contributed by atoms with Gasteiger partial charge < -0.3 is 4.90 Å². The molecule has 0 aliphatic carbocycles. The van der Waals surface area contributed by atoms with Crippen LogP contribution in [0, 0.1) is 10.1 Å². The minimum atomic E-state index is -3.96. The number of sulfone groups is 1. The third kappa shape index (κ3) is 3.25. The van der Waals surface area contributed by atoms with E-state index in [1.54, 1.807) is 17.0 Å². The standard InChI is InChI=1S/C17H16N2O5S/c20-17(18-11-3-4-12-18)15-5-1-2-6-16(15)25(23,24)14-9-7-13(8-10-14)19(21)22/h1-2,5-10H,3-4,11-12H2. The van der Waals surface area contributed by atoms with Crippen LogP contribution in [0.2, 0.25) is 0 Å². The SMILES string of the molecule is O=C(c1ccccc1S(=O)(=O)c1ccc([N+](=O)[O-])cc1)N1CCCC1. The number of amides is 1. The maximum atomic E-state index is 12.9. The highest BCUT2D eigenvalue weighted by molar-refractivity contribution is 7.91. The van der Waals surface area contributed by atoms with Gasteiger partial charge in [0.2, 0.25) is 9.84 Å². The fraction of sp³-hybridized carbons (Fsp3) is 0.235. The summed E-state index contributed by atoms with van der Waals surface area (Å²) in [5.74, 6) is -0.307. The summed E-state index contributed by atoms with van der Waals surface area (Å²) in [6.07, 6.45) is 1.81. The molecule has 0 radical (unpaired) electrons. The first-order valence-corrected chi connectivity index (χ1v) is 9.27. The van der Waals surface area contributed by atoms with Crippen molar-refractivity contribution in [3.63, 3.8) is 0 Å². The van der Waals surface area contributed by atoms with Gasteiger partial charge in [-0.05, 0) is 37.1 Å². The molecule has 7 nitrogen and oxygen atoms in total. The van der Waals surface area contributed by atoms with Gasteiger partial charge in [-0.25, -0.2) is 8.42 Å². The molecule has 0 unspecified atom stereocenters. The van der Waals surface area contributed by atoms with E-state index >= 15 is 0 Å². The number of benzene rings is 2. The van der Waals surface area contributed by atoms with Gasteiger partial charge in [0.25, 0.3) is 11.6 Å². The smallest absolute Gasteiger partial charge is 0.269 e. The zero-order valence-electron chi connectivity index (χ0n) is 13.3. The molecule has 0 atom stereocenters. The third-order valence-corrected chi connectivity index (χ3v) is 5.99. The van der Waals surface area contributed by atoms with Crippen LogP contribution >= 0.6 is 0 Å². The molecule has 1 heterocycles. The summed E-state index contributed by atoms with van der Waals surface area (Å²) >= 11 is 0. The number of carbonyl (C=O) groups excluding carboxylic acids is 1. The van der Waals surface area contributed by atoms with Gasteiger partial charge in [0.15, 0.2) is 0 Å². The normalized spacial score (nSPS) is 14.5. The summed E-state index contributed by atoms with van der Waals surface area (Å²) in [4.78, 5) is 24.3. The minimum absolute atomic E-state index is 0.0826. The van der Waals surface area contributed by atoms with Crippen LogP contribution in [0.15, 0.2) is 58.3 Å². The zero-order chi connectivity index (χ0) is 18.0. The van der Waals surface area contributed by atoms with E-state index in [1.807, 2.05) is 0 Å². The fourth-order valence-corrected chi connectivity index (χ4v) is 4.29. The van der Waals surface area contributed by atoms with Crippen LogP contribution in [0.4, 0.5) is 5.69 Å². The van der Waals surface area contributed by atoms with E-state index in [0.717, 1.165) is 25.0 Å². The molecule has 2 aromatic carbocycles. The lowest BCUT2D eigenvalue weighted by Gasteiger charge is -2.17. The zero-order valence-corrected chi connectivity index (χ0v) is 14.1. The largest absolute Gasteiger partial charge is 0.339 e. The summed E-state index contributed by atoms with van der Waals surface area (Å²) in [6.45, 7) is 1.23. The lowest BCUT2D eigenvalue weighted by atomic mass is 10.2. The first-order valence-electron chi connectivity index (χ1n) is 7.79. The van der Waals surface area contributed by atoms with Gasteiger partial charge in [0.05, 0.1) is 20.3 Å². The van der Waals surface area contributed by atoms with Crippen LogP contribution in [-0.4, -0.2) is 37.2 Å². The molecule has 1 aliphatic heterocycles. The van der Waals surface area contributed by atoms with E-state index in [4.69, 9.17) is 0 Å². The van der Waals surface area contributed by atoms with Crippen LogP contribution in [0.1, 0.15) is 23.2 Å². The molecule has 1 fully saturated rings. The Morgan fingerprint density at radius 1 is 1.00 bits per heavy atom. The van der Waals surface area contributed by atoms with Crippen LogP contribution < -0.4 is 0 Å². The Morgan fingerprint density at radius 3 is 2.20 bits per heavy atom. The van der Waals surface area contributed by atoms with Crippen molar-refractivity contribution in [3.05, 3.63) is 64.2 Å². The van der Waals surface area contributed by atoms with E-state index in [9.17, 15) is 23.3 Å². The number of carbonyl (C=O) groups is 1. The minimum Gasteiger partial charge on any atom is -0.339 e. The number of nitrogens with zero attached hydrogens (tertiary/aromatic N) is 2. The first-order chi connectivity index (χ1) is 11.9. The molecule has 2 aromatic rings. The molecule has 3 rings (SSSR count). The second kappa shape index (κ2) is 6.64. The maximum absolute atomic E-state index is 12.9. The average Bonchev–Trinajstić information content (AvgIpc) is 3.16. The molecule has 0 N–H and O–H groups in total. The van der Waals surface area contributed by atoms with E-state index in [1.165, 1.54) is 24.3 Å². The molecule has 0 aromatic heterocycles. The number of nitro groups is 1. The van der Waals surface area contributed by atoms with Gasteiger partial charge in [-0.3, -0.25) is 14.9 Å². The van der Waals surface area contributed by atoms with Gasteiger partial charge in [-0.2, -0.15) is 0 Å². The van der Waals surface area contributed by atoms with Crippen molar-refractivity contribution in [2.45, 2.75) is 22.6 Å². The van der Waals surface area contributed by atoms with E-state index < -0.39 is 14.8 Å². The van der Waals surface area contributed by atoms with Crippen LogP contribution in [0.3, 0.4) is 0 Å². The van der Waals surface area contributed by atoms with E-state index in [-0.39, 0.29) is 26.9 Å². The number of hydrogen-bond acceptors (Lipinski definition) is 5. The van der Waals surface area contributed by atoms with Crippen molar-refractivity contribution in [2.24, 2.45) is 0 Å². The predicted molar refractivity (Wildman–Crippen MR) is 90.1 cm³/mol. The molecule has 1 saturated heterocycles. The number of likely N-dealkylation sites (tertiary alicyclic amines) is 1. The summed E-state index contributed by atoms with van der Waals surface area (Å²) in [5, 5.41) is 10.7. The maximum Gasteiger partial charge on any atom is 0.269 e. The van der Waals surface area contributed by atoms with Crippen LogP contribution in [0.25, 0.3) is 0 Å². The topological polar surface area (TPSA) is 97.6 Å². The molecular formula is C17H16N2O5S. The average molecular weight is 360 g/mol. The molecule has 130 valence electrons. The van der Waals surface area contributed by atoms with Crippen molar-refractivity contribution < 1.29 is 18.1 Å². The molecule has 8 heteroatoms. The monoisotopic (exact) mass is 360 g/mol. The number of hydrogen-bond donors (Lipinski definition) is 0. The Labute approximate surface area is 145 Å². The Balaban J connectivity index is 2.03. The fourth-order valence-electron chi connectivity index (χ4n) is 2.84. The van der Waals surface area contributed by atoms with Gasteiger partial charge >= 0.3 is 0 Å². The third-order valence-electron chi connectivity index (χ3n) is 4.16.